The molecule has 0 spiro atoms. The van der Waals surface area contributed by atoms with Crippen LogP contribution in [-0.2, 0) is 6.42 Å². The molecule has 0 aliphatic rings. The average molecular weight is 239 g/mol. The lowest BCUT2D eigenvalue weighted by molar-refractivity contribution is 0.0937. The van der Waals surface area contributed by atoms with Crippen molar-refractivity contribution in [1.82, 2.24) is 10.5 Å². The molecule has 0 saturated carbocycles. The average Bonchev–Trinajstić information content (AvgIpc) is 2.70. The maximum atomic E-state index is 11.7. The van der Waals surface area contributed by atoms with Crippen LogP contribution in [0.25, 0.3) is 0 Å². The number of nitrogens with zero attached hydrogens (tertiary/aromatic N) is 1. The van der Waals surface area contributed by atoms with E-state index >= 15 is 0 Å². The summed E-state index contributed by atoms with van der Waals surface area (Å²) >= 11 is 0. The highest BCUT2D eigenvalue weighted by molar-refractivity contribution is 5.92. The van der Waals surface area contributed by atoms with E-state index in [1.807, 2.05) is 13.8 Å². The van der Waals surface area contributed by atoms with Crippen molar-refractivity contribution in [3.63, 3.8) is 0 Å². The van der Waals surface area contributed by atoms with Gasteiger partial charge < -0.3 is 15.6 Å². The molecule has 0 fully saturated rings. The summed E-state index contributed by atoms with van der Waals surface area (Å²) in [7, 11) is 0. The molecule has 0 aliphatic heterocycles. The van der Waals surface area contributed by atoms with Gasteiger partial charge in [0.15, 0.2) is 5.69 Å². The van der Waals surface area contributed by atoms with Crippen LogP contribution in [0.3, 0.4) is 0 Å². The second kappa shape index (κ2) is 5.82. The number of rotatable bonds is 6. The topological polar surface area (TPSA) is 81.2 Å². The number of nitrogens with one attached hydrogen (secondary N) is 1. The molecule has 1 amide bonds. The number of hydrogen-bond acceptors (Lipinski definition) is 4. The zero-order valence-electron chi connectivity index (χ0n) is 10.7. The first-order valence-corrected chi connectivity index (χ1v) is 5.95. The van der Waals surface area contributed by atoms with Crippen molar-refractivity contribution < 1.29 is 9.32 Å². The van der Waals surface area contributed by atoms with Crippen LogP contribution in [-0.4, -0.2) is 23.1 Å². The van der Waals surface area contributed by atoms with Crippen LogP contribution >= 0.6 is 0 Å². The minimum absolute atomic E-state index is 0.241. The normalized spacial score (nSPS) is 11.5. The SMILES string of the molecule is CCCCc1cc(C(=O)NCC(C)(C)N)no1. The molecule has 0 radical (unpaired) electrons. The highest BCUT2D eigenvalue weighted by Gasteiger charge is 2.16. The highest BCUT2D eigenvalue weighted by Crippen LogP contribution is 2.07. The van der Waals surface area contributed by atoms with E-state index in [1.54, 1.807) is 6.07 Å². The number of amides is 1. The van der Waals surface area contributed by atoms with E-state index in [1.165, 1.54) is 0 Å². The van der Waals surface area contributed by atoms with Crippen LogP contribution in [0.15, 0.2) is 10.6 Å². The Morgan fingerprint density at radius 1 is 1.59 bits per heavy atom. The third-order valence-corrected chi connectivity index (χ3v) is 2.27. The molecule has 3 N–H and O–H groups in total. The quantitative estimate of drug-likeness (QED) is 0.788. The van der Waals surface area contributed by atoms with Crippen molar-refractivity contribution in [1.29, 1.82) is 0 Å². The van der Waals surface area contributed by atoms with Crippen molar-refractivity contribution in [2.75, 3.05) is 6.54 Å². The molecule has 1 rings (SSSR count). The first kappa shape index (κ1) is 13.7. The summed E-state index contributed by atoms with van der Waals surface area (Å²) in [4.78, 5) is 11.7. The summed E-state index contributed by atoms with van der Waals surface area (Å²) in [5.74, 6) is 0.513. The largest absolute Gasteiger partial charge is 0.361 e. The Hall–Kier alpha value is -1.36. The molecule has 1 aromatic rings. The molecular weight excluding hydrogens is 218 g/mol. The smallest absolute Gasteiger partial charge is 0.273 e. The van der Waals surface area contributed by atoms with Crippen molar-refractivity contribution in [3.8, 4) is 0 Å². The summed E-state index contributed by atoms with van der Waals surface area (Å²) in [6, 6.07) is 1.69. The van der Waals surface area contributed by atoms with Gasteiger partial charge in [0, 0.05) is 24.6 Å². The van der Waals surface area contributed by atoms with Crippen molar-refractivity contribution in [3.05, 3.63) is 17.5 Å². The molecular formula is C12H21N3O2. The fourth-order valence-corrected chi connectivity index (χ4v) is 1.29. The first-order valence-electron chi connectivity index (χ1n) is 5.95. The van der Waals surface area contributed by atoms with E-state index in [2.05, 4.69) is 17.4 Å². The van der Waals surface area contributed by atoms with E-state index < -0.39 is 5.54 Å². The number of hydrogen-bond donors (Lipinski definition) is 2. The Morgan fingerprint density at radius 3 is 2.88 bits per heavy atom. The van der Waals surface area contributed by atoms with Gasteiger partial charge in [-0.15, -0.1) is 0 Å². The fraction of sp³-hybridized carbons (Fsp3) is 0.667. The van der Waals surface area contributed by atoms with Gasteiger partial charge in [-0.05, 0) is 20.3 Å². The lowest BCUT2D eigenvalue weighted by atomic mass is 10.1. The Bertz CT molecular complexity index is 366. The van der Waals surface area contributed by atoms with Crippen LogP contribution in [0.2, 0.25) is 0 Å². The molecule has 0 saturated heterocycles. The minimum Gasteiger partial charge on any atom is -0.361 e. The van der Waals surface area contributed by atoms with Gasteiger partial charge in [0.05, 0.1) is 0 Å². The van der Waals surface area contributed by atoms with Gasteiger partial charge in [0.1, 0.15) is 5.76 Å². The predicted molar refractivity (Wildman–Crippen MR) is 65.7 cm³/mol. The second-order valence-electron chi connectivity index (χ2n) is 4.95. The molecule has 96 valence electrons. The predicted octanol–water partition coefficient (Wildman–Crippen LogP) is 1.48. The molecule has 0 atom stereocenters. The van der Waals surface area contributed by atoms with Gasteiger partial charge in [0.2, 0.25) is 0 Å². The van der Waals surface area contributed by atoms with Crippen molar-refractivity contribution in [2.24, 2.45) is 5.73 Å². The standard InChI is InChI=1S/C12H21N3O2/c1-4-5-6-9-7-10(15-17-9)11(16)14-8-12(2,3)13/h7H,4-6,8,13H2,1-3H3,(H,14,16). The Labute approximate surface area is 102 Å². The van der Waals surface area contributed by atoms with E-state index in [0.717, 1.165) is 25.0 Å². The van der Waals surface area contributed by atoms with Crippen molar-refractivity contribution in [2.45, 2.75) is 45.6 Å². The van der Waals surface area contributed by atoms with E-state index in [9.17, 15) is 4.79 Å². The van der Waals surface area contributed by atoms with E-state index in [4.69, 9.17) is 10.3 Å². The van der Waals surface area contributed by atoms with Gasteiger partial charge in [0.25, 0.3) is 5.91 Å². The molecule has 0 aromatic carbocycles. The molecule has 0 aliphatic carbocycles. The molecule has 5 heteroatoms. The zero-order valence-corrected chi connectivity index (χ0v) is 10.7. The number of aryl methyl sites for hydroxylation is 1. The Kier molecular flexibility index (Phi) is 4.69. The summed E-state index contributed by atoms with van der Waals surface area (Å²) in [5, 5.41) is 6.46. The third-order valence-electron chi connectivity index (χ3n) is 2.27. The summed E-state index contributed by atoms with van der Waals surface area (Å²) in [6.45, 7) is 6.21. The third kappa shape index (κ3) is 4.99. The van der Waals surface area contributed by atoms with Gasteiger partial charge in [-0.1, -0.05) is 18.5 Å². The van der Waals surface area contributed by atoms with Crippen molar-refractivity contribution >= 4 is 5.91 Å². The summed E-state index contributed by atoms with van der Waals surface area (Å²) in [5.41, 5.74) is 5.67. The van der Waals surface area contributed by atoms with Crippen LogP contribution < -0.4 is 11.1 Å². The van der Waals surface area contributed by atoms with Gasteiger partial charge in [-0.3, -0.25) is 4.79 Å². The number of aromatic nitrogens is 1. The Morgan fingerprint density at radius 2 is 2.29 bits per heavy atom. The van der Waals surface area contributed by atoms with Gasteiger partial charge in [-0.2, -0.15) is 0 Å². The lowest BCUT2D eigenvalue weighted by Gasteiger charge is -2.18. The van der Waals surface area contributed by atoms with E-state index in [-0.39, 0.29) is 5.91 Å². The maximum absolute atomic E-state index is 11.7. The number of unbranched alkanes of at least 4 members (excludes halogenated alkanes) is 1. The minimum atomic E-state index is -0.426. The lowest BCUT2D eigenvalue weighted by Crippen LogP contribution is -2.45. The number of nitrogens with two attached hydrogens (primary N) is 1. The van der Waals surface area contributed by atoms with Crippen LogP contribution in [0.5, 0.6) is 0 Å². The van der Waals surface area contributed by atoms with E-state index in [0.29, 0.717) is 12.2 Å². The number of carbonyl (C=O) groups is 1. The van der Waals surface area contributed by atoms with Gasteiger partial charge >= 0.3 is 0 Å². The number of carbonyl (C=O) groups excluding carboxylic acids is 1. The summed E-state index contributed by atoms with van der Waals surface area (Å²) < 4.78 is 5.08. The Balaban J connectivity index is 2.49. The monoisotopic (exact) mass is 239 g/mol. The second-order valence-corrected chi connectivity index (χ2v) is 4.95. The molecule has 0 unspecified atom stereocenters. The fourth-order valence-electron chi connectivity index (χ4n) is 1.29. The maximum Gasteiger partial charge on any atom is 0.273 e. The van der Waals surface area contributed by atoms with Gasteiger partial charge in [-0.25, -0.2) is 0 Å². The van der Waals surface area contributed by atoms with Crippen LogP contribution in [0.1, 0.15) is 49.9 Å². The van der Waals surface area contributed by atoms with Crippen LogP contribution in [0, 0.1) is 0 Å². The molecule has 1 aromatic heterocycles. The molecule has 17 heavy (non-hydrogen) atoms. The first-order chi connectivity index (χ1) is 7.92. The highest BCUT2D eigenvalue weighted by atomic mass is 16.5. The molecule has 0 bridgehead atoms. The summed E-state index contributed by atoms with van der Waals surface area (Å²) in [6.07, 6.45) is 2.94. The molecule has 5 nitrogen and oxygen atoms in total. The van der Waals surface area contributed by atoms with Crippen LogP contribution in [0.4, 0.5) is 0 Å². The zero-order chi connectivity index (χ0) is 12.9. The molecule has 1 heterocycles.